The maximum Gasteiger partial charge on any atom is 0.487 e. The summed E-state index contributed by atoms with van der Waals surface area (Å²) in [5.74, 6) is 0. The molecule has 0 saturated carbocycles. The van der Waals surface area contributed by atoms with E-state index in [2.05, 4.69) is 68.1 Å². The molecule has 0 saturated heterocycles. The Bertz CT molecular complexity index is 1300. The lowest BCUT2D eigenvalue weighted by molar-refractivity contribution is 0.426. The molecule has 0 aliphatic carbocycles. The van der Waals surface area contributed by atoms with Crippen LogP contribution >= 0.6 is 0 Å². The highest BCUT2D eigenvalue weighted by molar-refractivity contribution is 6.76. The minimum Gasteiger partial charge on any atom is -0.423 e. The van der Waals surface area contributed by atoms with Gasteiger partial charge in [-0.3, -0.25) is 0 Å². The Labute approximate surface area is 178 Å². The lowest BCUT2D eigenvalue weighted by Crippen LogP contribution is -2.56. The molecule has 1 aromatic heterocycles. The van der Waals surface area contributed by atoms with Crippen LogP contribution < -0.4 is 43.7 Å². The average Bonchev–Trinajstić information content (AvgIpc) is 3.06. The van der Waals surface area contributed by atoms with Gasteiger partial charge in [-0.1, -0.05) is 51.0 Å². The molecular formula is C18H21B8NO2. The summed E-state index contributed by atoms with van der Waals surface area (Å²) >= 11 is 0. The van der Waals surface area contributed by atoms with Crippen molar-refractivity contribution < 1.29 is 10.0 Å². The standard InChI is InChI=1S/C18H21B8NO2/c19-9-7-8-10(20)16(26(28)29)13(23)15(25)18(8)27(6-4-2-1-3-5-6)17(7)14(24)12(22)11(9)21/h1-5,28-29H,19-25H2. The third-order valence-electron chi connectivity index (χ3n) is 6.96. The molecular weight excluding hydrogens is 349 g/mol. The third-order valence-corrected chi connectivity index (χ3v) is 6.96. The van der Waals surface area contributed by atoms with Crippen molar-refractivity contribution >= 4 is 128 Å². The van der Waals surface area contributed by atoms with Crippen molar-refractivity contribution in [3.05, 3.63) is 30.3 Å². The van der Waals surface area contributed by atoms with Crippen molar-refractivity contribution in [1.29, 1.82) is 0 Å². The van der Waals surface area contributed by atoms with Gasteiger partial charge in [-0.15, -0.1) is 5.46 Å². The van der Waals surface area contributed by atoms with Gasteiger partial charge in [0, 0.05) is 16.7 Å². The van der Waals surface area contributed by atoms with Gasteiger partial charge >= 0.3 is 7.12 Å². The van der Waals surface area contributed by atoms with Gasteiger partial charge in [0.25, 0.3) is 0 Å². The Balaban J connectivity index is 2.43. The average molecular weight is 370 g/mol. The van der Waals surface area contributed by atoms with Crippen LogP contribution in [0.4, 0.5) is 0 Å². The third kappa shape index (κ3) is 2.71. The molecule has 134 valence electrons. The highest BCUT2D eigenvalue weighted by atomic mass is 16.4. The molecule has 0 bridgehead atoms. The highest BCUT2D eigenvalue weighted by Crippen LogP contribution is 2.26. The van der Waals surface area contributed by atoms with Crippen LogP contribution in [0.1, 0.15) is 0 Å². The van der Waals surface area contributed by atoms with E-state index in [1.54, 1.807) is 0 Å². The molecule has 0 unspecified atom stereocenters. The number of nitrogens with zero attached hydrogens (tertiary/aromatic N) is 1. The Morgan fingerprint density at radius 1 is 0.586 bits per heavy atom. The topological polar surface area (TPSA) is 45.4 Å². The smallest absolute Gasteiger partial charge is 0.423 e. The summed E-state index contributed by atoms with van der Waals surface area (Å²) in [6, 6.07) is 10.5. The van der Waals surface area contributed by atoms with Crippen molar-refractivity contribution in [1.82, 2.24) is 4.57 Å². The van der Waals surface area contributed by atoms with E-state index in [0.29, 0.717) is 5.46 Å². The number of para-hydroxylation sites is 1. The number of hydrogen-bond acceptors (Lipinski definition) is 2. The van der Waals surface area contributed by atoms with Crippen molar-refractivity contribution in [2.24, 2.45) is 0 Å². The van der Waals surface area contributed by atoms with Gasteiger partial charge in [-0.05, 0) is 28.4 Å². The van der Waals surface area contributed by atoms with Gasteiger partial charge in [0.1, 0.15) is 54.9 Å². The molecule has 29 heavy (non-hydrogen) atoms. The first-order valence-corrected chi connectivity index (χ1v) is 10.1. The molecule has 0 radical (unpaired) electrons. The predicted octanol–water partition coefficient (Wildman–Crippen LogP) is -9.73. The van der Waals surface area contributed by atoms with Gasteiger partial charge in [-0.25, -0.2) is 0 Å². The van der Waals surface area contributed by atoms with Crippen molar-refractivity contribution in [3.63, 3.8) is 0 Å². The maximum absolute atomic E-state index is 10.1. The number of benzene rings is 3. The lowest BCUT2D eigenvalue weighted by Gasteiger charge is -2.17. The van der Waals surface area contributed by atoms with E-state index < -0.39 is 7.12 Å². The zero-order chi connectivity index (χ0) is 21.2. The van der Waals surface area contributed by atoms with Gasteiger partial charge in [0.15, 0.2) is 0 Å². The molecule has 3 nitrogen and oxygen atoms in total. The van der Waals surface area contributed by atoms with Crippen LogP contribution in [-0.4, -0.2) is 76.7 Å². The van der Waals surface area contributed by atoms with E-state index in [1.807, 2.05) is 21.8 Å². The second-order valence-electron chi connectivity index (χ2n) is 8.28. The van der Waals surface area contributed by atoms with Gasteiger partial charge < -0.3 is 14.6 Å². The van der Waals surface area contributed by atoms with E-state index in [9.17, 15) is 10.0 Å². The second-order valence-corrected chi connectivity index (χ2v) is 8.28. The fourth-order valence-corrected chi connectivity index (χ4v) is 4.96. The SMILES string of the molecule is Bc1c(B)c(B)c2c(c1B)c1c(B)c(B(O)O)c(B)c(B)c1n2-c1ccccc1. The molecule has 0 fully saturated rings. The lowest BCUT2D eigenvalue weighted by atomic mass is 9.59. The first kappa shape index (κ1) is 20.2. The normalized spacial score (nSPS) is 11.4. The second kappa shape index (κ2) is 7.00. The summed E-state index contributed by atoms with van der Waals surface area (Å²) in [6.07, 6.45) is 0. The van der Waals surface area contributed by atoms with Crippen LogP contribution in [0.5, 0.6) is 0 Å². The Morgan fingerprint density at radius 2 is 1.07 bits per heavy atom. The maximum atomic E-state index is 10.1. The van der Waals surface area contributed by atoms with Crippen LogP contribution in [0.3, 0.4) is 0 Å². The molecule has 0 aliphatic rings. The fraction of sp³-hybridized carbons (Fsp3) is 0. The number of fused-ring (bicyclic) bond motifs is 3. The van der Waals surface area contributed by atoms with E-state index >= 15 is 0 Å². The minimum atomic E-state index is -1.49. The number of aromatic nitrogens is 1. The quantitative estimate of drug-likeness (QED) is 0.345. The Kier molecular flexibility index (Phi) is 4.87. The zero-order valence-electron chi connectivity index (χ0n) is 18.3. The molecule has 0 amide bonds. The van der Waals surface area contributed by atoms with Gasteiger partial charge in [-0.2, -0.15) is 0 Å². The van der Waals surface area contributed by atoms with E-state index in [0.717, 1.165) is 33.0 Å². The van der Waals surface area contributed by atoms with Crippen LogP contribution in [0, 0.1) is 0 Å². The van der Waals surface area contributed by atoms with Crippen LogP contribution in [0.25, 0.3) is 27.5 Å². The fourth-order valence-electron chi connectivity index (χ4n) is 4.96. The molecule has 4 aromatic rings. The molecule has 1 heterocycles. The summed E-state index contributed by atoms with van der Waals surface area (Å²) in [6.45, 7) is 0. The monoisotopic (exact) mass is 371 g/mol. The zero-order valence-corrected chi connectivity index (χ0v) is 18.3. The van der Waals surface area contributed by atoms with Crippen molar-refractivity contribution in [3.8, 4) is 5.69 Å². The molecule has 11 heteroatoms. The summed E-state index contributed by atoms with van der Waals surface area (Å²) in [5.41, 5.74) is 12.2. The number of rotatable bonds is 2. The van der Waals surface area contributed by atoms with Gasteiger partial charge in [0.05, 0.1) is 0 Å². The Morgan fingerprint density at radius 3 is 1.62 bits per heavy atom. The highest BCUT2D eigenvalue weighted by Gasteiger charge is 2.26. The predicted molar refractivity (Wildman–Crippen MR) is 148 cm³/mol. The molecule has 0 spiro atoms. The summed E-state index contributed by atoms with van der Waals surface area (Å²) in [4.78, 5) is 0. The molecule has 3 aromatic carbocycles. The van der Waals surface area contributed by atoms with Crippen molar-refractivity contribution in [2.45, 2.75) is 0 Å². The van der Waals surface area contributed by atoms with E-state index in [-0.39, 0.29) is 0 Å². The molecule has 0 atom stereocenters. The molecule has 0 aliphatic heterocycles. The first-order chi connectivity index (χ1) is 13.7. The molecule has 2 N–H and O–H groups in total. The number of hydrogen-bond donors (Lipinski definition) is 2. The van der Waals surface area contributed by atoms with Crippen LogP contribution in [0.2, 0.25) is 0 Å². The van der Waals surface area contributed by atoms with E-state index in [4.69, 9.17) is 0 Å². The van der Waals surface area contributed by atoms with E-state index in [1.165, 1.54) is 32.8 Å². The molecule has 4 rings (SSSR count). The Hall–Kier alpha value is -2.10. The minimum absolute atomic E-state index is 0.623. The summed E-state index contributed by atoms with van der Waals surface area (Å²) in [7, 11) is 13.4. The first-order valence-electron chi connectivity index (χ1n) is 10.1. The van der Waals surface area contributed by atoms with Crippen LogP contribution in [0.15, 0.2) is 30.3 Å². The summed E-state index contributed by atoms with van der Waals surface area (Å²) in [5, 5.41) is 22.6. The van der Waals surface area contributed by atoms with Gasteiger partial charge in [0.2, 0.25) is 0 Å². The summed E-state index contributed by atoms with van der Waals surface area (Å²) < 4.78 is 2.36. The van der Waals surface area contributed by atoms with Crippen molar-refractivity contribution in [2.75, 3.05) is 0 Å². The largest absolute Gasteiger partial charge is 0.487 e. The van der Waals surface area contributed by atoms with Crippen LogP contribution in [-0.2, 0) is 0 Å².